The first kappa shape index (κ1) is 20.2. The number of aromatic nitrogens is 1. The zero-order chi connectivity index (χ0) is 22.1. The molecule has 1 N–H and O–H groups in total. The molecule has 2 amide bonds. The molecule has 0 saturated heterocycles. The van der Waals surface area contributed by atoms with E-state index in [0.29, 0.717) is 5.69 Å². The molecule has 0 aliphatic carbocycles. The molecule has 6 heteroatoms. The highest BCUT2D eigenvalue weighted by Crippen LogP contribution is 2.34. The first-order valence-corrected chi connectivity index (χ1v) is 11.2. The Morgan fingerprint density at radius 2 is 1.75 bits per heavy atom. The molecule has 5 nitrogen and oxygen atoms in total. The number of benzene rings is 3. The van der Waals surface area contributed by atoms with Crippen molar-refractivity contribution in [2.75, 3.05) is 5.32 Å². The van der Waals surface area contributed by atoms with E-state index in [1.807, 2.05) is 72.8 Å². The minimum atomic E-state index is -0.323. The molecule has 0 radical (unpaired) electrons. The number of thiazole rings is 1. The predicted molar refractivity (Wildman–Crippen MR) is 129 cm³/mol. The van der Waals surface area contributed by atoms with Crippen LogP contribution in [-0.4, -0.2) is 21.7 Å². The maximum Gasteiger partial charge on any atom is 0.226 e. The maximum absolute atomic E-state index is 12.8. The van der Waals surface area contributed by atoms with E-state index < -0.39 is 0 Å². The molecule has 1 aromatic heterocycles. The van der Waals surface area contributed by atoms with E-state index in [1.54, 1.807) is 22.4 Å². The van der Waals surface area contributed by atoms with Crippen LogP contribution in [0, 0.1) is 0 Å². The Morgan fingerprint density at radius 1 is 1.00 bits per heavy atom. The third kappa shape index (κ3) is 3.92. The van der Waals surface area contributed by atoms with Gasteiger partial charge in [-0.2, -0.15) is 0 Å². The van der Waals surface area contributed by atoms with Crippen molar-refractivity contribution >= 4 is 45.1 Å². The highest BCUT2D eigenvalue weighted by molar-refractivity contribution is 7.21. The van der Waals surface area contributed by atoms with E-state index in [0.717, 1.165) is 31.9 Å². The number of anilines is 1. The van der Waals surface area contributed by atoms with Crippen LogP contribution in [0.3, 0.4) is 0 Å². The van der Waals surface area contributed by atoms with Gasteiger partial charge in [0.1, 0.15) is 5.01 Å². The number of amides is 2. The normalized spacial score (nSPS) is 14.9. The summed E-state index contributed by atoms with van der Waals surface area (Å²) < 4.78 is 1.15. The minimum Gasteiger partial charge on any atom is -0.326 e. The average Bonchev–Trinajstić information content (AvgIpc) is 3.24. The fraction of sp³-hybridized carbons (Fsp3) is 0.115. The van der Waals surface area contributed by atoms with Gasteiger partial charge in [0, 0.05) is 24.4 Å². The smallest absolute Gasteiger partial charge is 0.226 e. The fourth-order valence-corrected chi connectivity index (χ4v) is 4.96. The first-order chi connectivity index (χ1) is 15.6. The SMILES string of the molecule is CC(=O)N1C=Cc2ccccc2[C@@H]1CC(=O)Nc1ccc(-c2nc3ccccc3s2)cc1. The van der Waals surface area contributed by atoms with Crippen LogP contribution in [0.4, 0.5) is 5.69 Å². The third-order valence-electron chi connectivity index (χ3n) is 5.56. The lowest BCUT2D eigenvalue weighted by Crippen LogP contribution is -2.33. The minimum absolute atomic E-state index is 0.0891. The summed E-state index contributed by atoms with van der Waals surface area (Å²) in [6.07, 6.45) is 3.85. The largest absolute Gasteiger partial charge is 0.326 e. The summed E-state index contributed by atoms with van der Waals surface area (Å²) in [5.41, 5.74) is 4.73. The van der Waals surface area contributed by atoms with Crippen LogP contribution in [0.1, 0.15) is 30.5 Å². The van der Waals surface area contributed by atoms with Gasteiger partial charge in [0.05, 0.1) is 22.7 Å². The van der Waals surface area contributed by atoms with Gasteiger partial charge < -0.3 is 10.2 Å². The Kier molecular flexibility index (Phi) is 5.29. The molecule has 1 aliphatic heterocycles. The van der Waals surface area contributed by atoms with Crippen molar-refractivity contribution in [2.24, 2.45) is 0 Å². The molecule has 0 bridgehead atoms. The van der Waals surface area contributed by atoms with Crippen LogP contribution in [-0.2, 0) is 9.59 Å². The topological polar surface area (TPSA) is 62.3 Å². The van der Waals surface area contributed by atoms with Gasteiger partial charge in [0.25, 0.3) is 0 Å². The van der Waals surface area contributed by atoms with Crippen LogP contribution in [0.25, 0.3) is 26.9 Å². The summed E-state index contributed by atoms with van der Waals surface area (Å²) in [7, 11) is 0. The maximum atomic E-state index is 12.8. The van der Waals surface area contributed by atoms with Crippen LogP contribution < -0.4 is 5.32 Å². The van der Waals surface area contributed by atoms with Crippen LogP contribution >= 0.6 is 11.3 Å². The Hall–Kier alpha value is -3.77. The molecule has 0 saturated carbocycles. The number of hydrogen-bond donors (Lipinski definition) is 1. The van der Waals surface area contributed by atoms with Crippen LogP contribution in [0.5, 0.6) is 0 Å². The van der Waals surface area contributed by atoms with E-state index in [-0.39, 0.29) is 24.3 Å². The fourth-order valence-electron chi connectivity index (χ4n) is 3.99. The van der Waals surface area contributed by atoms with E-state index in [2.05, 4.69) is 16.4 Å². The monoisotopic (exact) mass is 439 g/mol. The molecule has 4 aromatic rings. The van der Waals surface area contributed by atoms with Gasteiger partial charge >= 0.3 is 0 Å². The lowest BCUT2D eigenvalue weighted by molar-refractivity contribution is -0.129. The second-order valence-electron chi connectivity index (χ2n) is 7.70. The zero-order valence-electron chi connectivity index (χ0n) is 17.5. The van der Waals surface area contributed by atoms with Gasteiger partial charge in [-0.05, 0) is 53.6 Å². The second kappa shape index (κ2) is 8.40. The quantitative estimate of drug-likeness (QED) is 0.433. The summed E-state index contributed by atoms with van der Waals surface area (Å²) in [5, 5.41) is 3.92. The molecular weight excluding hydrogens is 418 g/mol. The number of para-hydroxylation sites is 1. The summed E-state index contributed by atoms with van der Waals surface area (Å²) in [6.45, 7) is 1.52. The Balaban J connectivity index is 1.31. The second-order valence-corrected chi connectivity index (χ2v) is 8.73. The van der Waals surface area contributed by atoms with Gasteiger partial charge in [-0.3, -0.25) is 9.59 Å². The molecule has 0 fully saturated rings. The van der Waals surface area contributed by atoms with Gasteiger partial charge in [-0.15, -0.1) is 11.3 Å². The van der Waals surface area contributed by atoms with Crippen molar-refractivity contribution in [3.63, 3.8) is 0 Å². The van der Waals surface area contributed by atoms with E-state index >= 15 is 0 Å². The Morgan fingerprint density at radius 3 is 2.53 bits per heavy atom. The van der Waals surface area contributed by atoms with Crippen molar-refractivity contribution < 1.29 is 9.59 Å². The van der Waals surface area contributed by atoms with Gasteiger partial charge in [0.2, 0.25) is 11.8 Å². The van der Waals surface area contributed by atoms with Crippen molar-refractivity contribution in [1.82, 2.24) is 9.88 Å². The number of nitrogens with one attached hydrogen (secondary N) is 1. The predicted octanol–water partition coefficient (Wildman–Crippen LogP) is 5.87. The van der Waals surface area contributed by atoms with Gasteiger partial charge in [-0.25, -0.2) is 4.98 Å². The Bertz CT molecular complexity index is 1310. The highest BCUT2D eigenvalue weighted by atomic mass is 32.1. The molecule has 158 valence electrons. The number of hydrogen-bond acceptors (Lipinski definition) is 4. The molecule has 1 atom stereocenters. The molecule has 1 aliphatic rings. The number of rotatable bonds is 4. The molecule has 32 heavy (non-hydrogen) atoms. The highest BCUT2D eigenvalue weighted by Gasteiger charge is 2.28. The summed E-state index contributed by atoms with van der Waals surface area (Å²) in [5.74, 6) is -0.229. The molecule has 3 aromatic carbocycles. The van der Waals surface area contributed by atoms with Crippen molar-refractivity contribution in [2.45, 2.75) is 19.4 Å². The van der Waals surface area contributed by atoms with E-state index in [1.165, 1.54) is 6.92 Å². The van der Waals surface area contributed by atoms with Gasteiger partial charge in [0.15, 0.2) is 0 Å². The Labute approximate surface area is 190 Å². The number of carbonyl (C=O) groups excluding carboxylic acids is 2. The van der Waals surface area contributed by atoms with Crippen molar-refractivity contribution in [3.05, 3.63) is 90.1 Å². The van der Waals surface area contributed by atoms with Gasteiger partial charge in [-0.1, -0.05) is 36.4 Å². The summed E-state index contributed by atoms with van der Waals surface area (Å²) >= 11 is 1.65. The van der Waals surface area contributed by atoms with Crippen LogP contribution in [0.2, 0.25) is 0 Å². The standard InChI is InChI=1S/C26H21N3O2S/c1-17(30)29-15-14-18-6-2-3-7-21(18)23(29)16-25(31)27-20-12-10-19(11-13-20)26-28-22-8-4-5-9-24(22)32-26/h2-15,23H,16H2,1H3,(H,27,31)/t23-/m0/s1. The molecule has 5 rings (SSSR count). The lowest BCUT2D eigenvalue weighted by Gasteiger charge is -2.32. The number of nitrogens with zero attached hydrogens (tertiary/aromatic N) is 2. The molecule has 2 heterocycles. The molecular formula is C26H21N3O2S. The third-order valence-corrected chi connectivity index (χ3v) is 6.64. The average molecular weight is 440 g/mol. The molecule has 0 unspecified atom stereocenters. The van der Waals surface area contributed by atoms with Crippen molar-refractivity contribution in [3.8, 4) is 10.6 Å². The number of carbonyl (C=O) groups is 2. The zero-order valence-corrected chi connectivity index (χ0v) is 18.3. The summed E-state index contributed by atoms with van der Waals surface area (Å²) in [6, 6.07) is 23.3. The summed E-state index contributed by atoms with van der Waals surface area (Å²) in [4.78, 5) is 31.3. The van der Waals surface area contributed by atoms with Crippen molar-refractivity contribution in [1.29, 1.82) is 0 Å². The molecule has 0 spiro atoms. The van der Waals surface area contributed by atoms with E-state index in [4.69, 9.17) is 0 Å². The number of fused-ring (bicyclic) bond motifs is 2. The van der Waals surface area contributed by atoms with E-state index in [9.17, 15) is 9.59 Å². The first-order valence-electron chi connectivity index (χ1n) is 10.4. The lowest BCUT2D eigenvalue weighted by atomic mass is 9.93. The van der Waals surface area contributed by atoms with Crippen LogP contribution in [0.15, 0.2) is 79.0 Å².